The lowest BCUT2D eigenvalue weighted by atomic mass is 9.91. The first-order chi connectivity index (χ1) is 27.1. The molecule has 2 aromatic rings. The normalized spacial score (nSPS) is 17.9. The number of carboxylic acid groups (broad SMARTS) is 1. The SMILES string of the molecule is CC(=O)CC(=O)CCc1ccc(OCCOCc2cn(C(C)CCCCCCC(=O)NC[C@@H](O)C(O)C3OC(C(=O)O)=C[C@H](NC(=N)N)[C@H]3NC(C)=O)nn2)cc1. The molecule has 0 saturated heterocycles. The molecule has 1 aliphatic rings. The third-order valence-electron chi connectivity index (χ3n) is 9.07. The Bertz CT molecular complexity index is 1680. The molecular weight excluding hydrogens is 744 g/mol. The Hall–Kier alpha value is -5.40. The van der Waals surface area contributed by atoms with Gasteiger partial charge in [0.15, 0.2) is 5.96 Å². The average Bonchev–Trinajstić information content (AvgIpc) is 3.63. The van der Waals surface area contributed by atoms with Crippen LogP contribution in [0.3, 0.4) is 0 Å². The maximum absolute atomic E-state index is 12.5. The van der Waals surface area contributed by atoms with Gasteiger partial charge in [0.2, 0.25) is 17.6 Å². The number of Topliss-reactive ketones (excluding diaryl/α,β-unsaturated/α-hetero) is 2. The van der Waals surface area contributed by atoms with Crippen LogP contribution in [0.25, 0.3) is 0 Å². The molecule has 0 bridgehead atoms. The van der Waals surface area contributed by atoms with E-state index in [0.717, 1.165) is 37.3 Å². The lowest BCUT2D eigenvalue weighted by Gasteiger charge is -2.40. The summed E-state index contributed by atoms with van der Waals surface area (Å²) in [5.74, 6) is -2.93. The Morgan fingerprint density at radius 3 is 2.40 bits per heavy atom. The molecule has 2 amide bonds. The monoisotopic (exact) mass is 800 g/mol. The van der Waals surface area contributed by atoms with Crippen molar-refractivity contribution in [2.24, 2.45) is 5.73 Å². The molecular formula is C38H56N8O11. The lowest BCUT2D eigenvalue weighted by molar-refractivity contribution is -0.144. The molecule has 3 rings (SSSR count). The molecule has 9 N–H and O–H groups in total. The highest BCUT2D eigenvalue weighted by Gasteiger charge is 2.44. The fourth-order valence-corrected chi connectivity index (χ4v) is 6.10. The van der Waals surface area contributed by atoms with Crippen molar-refractivity contribution in [3.63, 3.8) is 0 Å². The second-order valence-corrected chi connectivity index (χ2v) is 14.0. The molecule has 1 aromatic carbocycles. The summed E-state index contributed by atoms with van der Waals surface area (Å²) in [5.41, 5.74) is 7.11. The van der Waals surface area contributed by atoms with E-state index in [1.807, 2.05) is 37.4 Å². The fourth-order valence-electron chi connectivity index (χ4n) is 6.10. The van der Waals surface area contributed by atoms with Gasteiger partial charge in [-0.15, -0.1) is 5.10 Å². The number of carbonyl (C=O) groups is 5. The van der Waals surface area contributed by atoms with Crippen molar-refractivity contribution in [2.45, 2.75) is 122 Å². The number of hydrogen-bond donors (Lipinski definition) is 8. The summed E-state index contributed by atoms with van der Waals surface area (Å²) in [5, 5.41) is 54.6. The van der Waals surface area contributed by atoms with Crippen LogP contribution in [-0.2, 0) is 46.5 Å². The summed E-state index contributed by atoms with van der Waals surface area (Å²) in [4.78, 5) is 58.8. The molecule has 1 aromatic heterocycles. The predicted octanol–water partition coefficient (Wildman–Crippen LogP) is 0.818. The van der Waals surface area contributed by atoms with Crippen molar-refractivity contribution in [1.29, 1.82) is 5.41 Å². The van der Waals surface area contributed by atoms with E-state index < -0.39 is 54.0 Å². The first-order valence-corrected chi connectivity index (χ1v) is 19.0. The van der Waals surface area contributed by atoms with Gasteiger partial charge >= 0.3 is 5.97 Å². The molecule has 3 unspecified atom stereocenters. The predicted molar refractivity (Wildman–Crippen MR) is 205 cm³/mol. The largest absolute Gasteiger partial charge is 0.491 e. The van der Waals surface area contributed by atoms with Gasteiger partial charge in [-0.1, -0.05) is 36.6 Å². The number of aliphatic hydroxyl groups excluding tert-OH is 2. The summed E-state index contributed by atoms with van der Waals surface area (Å²) in [6, 6.07) is 5.43. The number of ketones is 2. The van der Waals surface area contributed by atoms with Crippen LogP contribution >= 0.6 is 0 Å². The molecule has 57 heavy (non-hydrogen) atoms. The quantitative estimate of drug-likeness (QED) is 0.0283. The Labute approximate surface area is 331 Å². The van der Waals surface area contributed by atoms with Gasteiger partial charge < -0.3 is 51.2 Å². The summed E-state index contributed by atoms with van der Waals surface area (Å²) >= 11 is 0. The summed E-state index contributed by atoms with van der Waals surface area (Å²) < 4.78 is 18.6. The molecule has 0 radical (unpaired) electrons. The Morgan fingerprint density at radius 2 is 1.74 bits per heavy atom. The number of aliphatic carboxylic acids is 1. The number of amides is 2. The Balaban J connectivity index is 1.28. The van der Waals surface area contributed by atoms with E-state index in [9.17, 15) is 39.3 Å². The summed E-state index contributed by atoms with van der Waals surface area (Å²) in [7, 11) is 0. The van der Waals surface area contributed by atoms with Crippen molar-refractivity contribution in [3.05, 3.63) is 53.6 Å². The van der Waals surface area contributed by atoms with Gasteiger partial charge in [0.25, 0.3) is 0 Å². The van der Waals surface area contributed by atoms with E-state index in [2.05, 4.69) is 26.3 Å². The molecule has 0 spiro atoms. The van der Waals surface area contributed by atoms with Crippen LogP contribution in [-0.4, -0.2) is 116 Å². The third-order valence-corrected chi connectivity index (χ3v) is 9.07. The van der Waals surface area contributed by atoms with Crippen LogP contribution in [0.4, 0.5) is 0 Å². The highest BCUT2D eigenvalue weighted by atomic mass is 16.5. The minimum atomic E-state index is -1.73. The highest BCUT2D eigenvalue weighted by molar-refractivity contribution is 5.97. The number of carboxylic acids is 1. The first kappa shape index (κ1) is 46.0. The standard InChI is InChI=1S/C38H56N8O11/c1-23(46-21-27(44-45-46)22-55-16-17-56-29-14-11-26(12-15-29)10-13-28(49)18-24(2)47)8-6-4-5-7-9-33(51)41-20-31(50)35(52)36-34(42-25(3)48)30(43-38(39)40)19-32(57-36)37(53)54/h11-12,14-15,19,21,23,30-31,34-36,50,52H,4-10,13,16-18,20,22H2,1-3H3,(H,41,51)(H,42,48)(H,53,54)(H4,39,40,43)/t23?,30-,31+,34+,35?,36?/m0/s1. The van der Waals surface area contributed by atoms with Crippen LogP contribution in [0.5, 0.6) is 5.75 Å². The maximum Gasteiger partial charge on any atom is 0.370 e. The van der Waals surface area contributed by atoms with Crippen LogP contribution in [0, 0.1) is 5.41 Å². The van der Waals surface area contributed by atoms with Crippen LogP contribution in [0.2, 0.25) is 0 Å². The molecule has 2 heterocycles. The van der Waals surface area contributed by atoms with E-state index in [1.165, 1.54) is 13.8 Å². The zero-order valence-electron chi connectivity index (χ0n) is 32.6. The number of carbonyl (C=O) groups excluding carboxylic acids is 4. The van der Waals surface area contributed by atoms with Crippen LogP contribution < -0.4 is 26.4 Å². The number of unbranched alkanes of at least 4 members (excludes halogenated alkanes) is 3. The molecule has 19 nitrogen and oxygen atoms in total. The zero-order valence-corrected chi connectivity index (χ0v) is 32.6. The number of hydrogen-bond acceptors (Lipinski definition) is 13. The number of rotatable bonds is 26. The number of nitrogens with zero attached hydrogens (tertiary/aromatic N) is 3. The number of guanidine groups is 1. The van der Waals surface area contributed by atoms with Gasteiger partial charge in [-0.05, 0) is 56.9 Å². The molecule has 0 saturated carbocycles. The molecule has 314 valence electrons. The van der Waals surface area contributed by atoms with Gasteiger partial charge in [0, 0.05) is 26.3 Å². The summed E-state index contributed by atoms with van der Waals surface area (Å²) in [6.45, 7) is 5.30. The second kappa shape index (κ2) is 23.6. The number of nitrogens with one attached hydrogen (secondary N) is 4. The smallest absolute Gasteiger partial charge is 0.370 e. The topological polar surface area (TPSA) is 290 Å². The Kier molecular flexibility index (Phi) is 19.1. The fraction of sp³-hybridized carbons (Fsp3) is 0.579. The van der Waals surface area contributed by atoms with Crippen molar-refractivity contribution >= 4 is 35.3 Å². The van der Waals surface area contributed by atoms with Crippen LogP contribution in [0.15, 0.2) is 42.3 Å². The first-order valence-electron chi connectivity index (χ1n) is 19.0. The number of aliphatic hydroxyl groups is 2. The minimum absolute atomic E-state index is 0.0217. The van der Waals surface area contributed by atoms with Gasteiger partial charge in [-0.3, -0.25) is 24.6 Å². The lowest BCUT2D eigenvalue weighted by Crippen LogP contribution is -2.64. The number of nitrogens with two attached hydrogens (primary N) is 1. The number of aromatic nitrogens is 3. The van der Waals surface area contributed by atoms with E-state index in [4.69, 9.17) is 25.4 Å². The molecule has 0 fully saturated rings. The van der Waals surface area contributed by atoms with E-state index >= 15 is 0 Å². The van der Waals surface area contributed by atoms with E-state index in [0.29, 0.717) is 43.9 Å². The number of aryl methyl sites for hydroxylation is 1. The van der Waals surface area contributed by atoms with Crippen molar-refractivity contribution < 1.29 is 53.5 Å². The van der Waals surface area contributed by atoms with E-state index in [-0.39, 0.29) is 49.5 Å². The molecule has 19 heteroatoms. The van der Waals surface area contributed by atoms with Crippen molar-refractivity contribution in [3.8, 4) is 5.75 Å². The minimum Gasteiger partial charge on any atom is -0.491 e. The maximum atomic E-state index is 12.5. The number of benzene rings is 1. The second-order valence-electron chi connectivity index (χ2n) is 14.0. The van der Waals surface area contributed by atoms with Gasteiger partial charge in [0.05, 0.1) is 44.0 Å². The molecule has 0 aliphatic carbocycles. The highest BCUT2D eigenvalue weighted by Crippen LogP contribution is 2.23. The summed E-state index contributed by atoms with van der Waals surface area (Å²) in [6.07, 6.45) is 3.31. The van der Waals surface area contributed by atoms with E-state index in [1.54, 1.807) is 4.68 Å². The van der Waals surface area contributed by atoms with Gasteiger partial charge in [0.1, 0.15) is 47.9 Å². The number of ether oxygens (including phenoxy) is 3. The van der Waals surface area contributed by atoms with Crippen molar-refractivity contribution in [2.75, 3.05) is 19.8 Å². The van der Waals surface area contributed by atoms with Crippen LogP contribution in [0.1, 0.15) is 89.4 Å². The van der Waals surface area contributed by atoms with Gasteiger partial charge in [-0.25, -0.2) is 9.48 Å². The zero-order chi connectivity index (χ0) is 41.9. The molecule has 6 atom stereocenters. The average molecular weight is 801 g/mol. The third kappa shape index (κ3) is 16.7. The Morgan fingerprint density at radius 1 is 1.02 bits per heavy atom. The molecule has 1 aliphatic heterocycles. The van der Waals surface area contributed by atoms with Crippen molar-refractivity contribution in [1.82, 2.24) is 30.9 Å². The van der Waals surface area contributed by atoms with Gasteiger partial charge in [-0.2, -0.15) is 0 Å².